The van der Waals surface area contributed by atoms with Crippen LogP contribution in [0, 0.1) is 5.92 Å². The van der Waals surface area contributed by atoms with Gasteiger partial charge in [0.1, 0.15) is 12.6 Å². The molecule has 7 nitrogen and oxygen atoms in total. The molecule has 1 rings (SSSR count). The summed E-state index contributed by atoms with van der Waals surface area (Å²) in [5.41, 5.74) is 6.58. The summed E-state index contributed by atoms with van der Waals surface area (Å²) >= 11 is 0. The first-order chi connectivity index (χ1) is 11.8. The Hall–Kier alpha value is -2.67. The van der Waals surface area contributed by atoms with Gasteiger partial charge in [0, 0.05) is 6.08 Å². The number of hydrogen-bond donors (Lipinski definition) is 3. The fraction of sp³-hybridized carbons (Fsp3) is 0.389. The molecule has 0 heterocycles. The van der Waals surface area contributed by atoms with Gasteiger partial charge in [-0.3, -0.25) is 4.79 Å². The number of carbonyl (C=O) groups excluding carboxylic acids is 2. The van der Waals surface area contributed by atoms with Crippen LogP contribution in [0.15, 0.2) is 42.5 Å². The summed E-state index contributed by atoms with van der Waals surface area (Å²) in [5.74, 6) is -2.50. The fourth-order valence-corrected chi connectivity index (χ4v) is 1.97. The molecule has 1 amide bonds. The van der Waals surface area contributed by atoms with E-state index in [-0.39, 0.29) is 18.9 Å². The third kappa shape index (κ3) is 7.63. The Morgan fingerprint density at radius 1 is 1.24 bits per heavy atom. The van der Waals surface area contributed by atoms with Gasteiger partial charge in [0.15, 0.2) is 0 Å². The largest absolute Gasteiger partial charge is 0.480 e. The molecule has 0 fully saturated rings. The molecule has 136 valence electrons. The highest BCUT2D eigenvalue weighted by molar-refractivity contribution is 5.87. The van der Waals surface area contributed by atoms with Crippen molar-refractivity contribution in [3.8, 4) is 0 Å². The summed E-state index contributed by atoms with van der Waals surface area (Å²) in [7, 11) is 0. The summed E-state index contributed by atoms with van der Waals surface area (Å²) in [6.45, 7) is 3.53. The van der Waals surface area contributed by atoms with E-state index in [2.05, 4.69) is 5.32 Å². The molecule has 0 aliphatic rings. The molecule has 4 N–H and O–H groups in total. The van der Waals surface area contributed by atoms with Crippen LogP contribution >= 0.6 is 0 Å². The lowest BCUT2D eigenvalue weighted by Crippen LogP contribution is -2.50. The highest BCUT2D eigenvalue weighted by Gasteiger charge is 2.25. The Morgan fingerprint density at radius 2 is 1.88 bits per heavy atom. The van der Waals surface area contributed by atoms with E-state index in [0.29, 0.717) is 0 Å². The summed E-state index contributed by atoms with van der Waals surface area (Å²) in [6.07, 6.45) is 2.73. The SMILES string of the molecule is CC(C)[C@H](NC(=O)C(N)CC=CC(=O)OCc1ccccc1)C(=O)O. The van der Waals surface area contributed by atoms with E-state index in [1.807, 2.05) is 30.3 Å². The third-order valence-electron chi connectivity index (χ3n) is 3.44. The normalized spacial score (nSPS) is 13.4. The first-order valence-electron chi connectivity index (χ1n) is 7.97. The van der Waals surface area contributed by atoms with Gasteiger partial charge in [-0.05, 0) is 17.9 Å². The van der Waals surface area contributed by atoms with Crippen molar-refractivity contribution in [2.24, 2.45) is 11.7 Å². The topological polar surface area (TPSA) is 119 Å². The molecule has 7 heteroatoms. The van der Waals surface area contributed by atoms with E-state index in [4.69, 9.17) is 15.6 Å². The van der Waals surface area contributed by atoms with Gasteiger partial charge in [-0.2, -0.15) is 0 Å². The van der Waals surface area contributed by atoms with Crippen LogP contribution in [0.1, 0.15) is 25.8 Å². The Bertz CT molecular complexity index is 613. The maximum atomic E-state index is 11.9. The van der Waals surface area contributed by atoms with Crippen molar-refractivity contribution in [2.45, 2.75) is 39.0 Å². The van der Waals surface area contributed by atoms with Crippen LogP contribution in [0.4, 0.5) is 0 Å². The summed E-state index contributed by atoms with van der Waals surface area (Å²) in [4.78, 5) is 34.6. The highest BCUT2D eigenvalue weighted by atomic mass is 16.5. The molecule has 0 spiro atoms. The van der Waals surface area contributed by atoms with Crippen molar-refractivity contribution in [1.29, 1.82) is 0 Å². The number of hydrogen-bond acceptors (Lipinski definition) is 5. The zero-order valence-corrected chi connectivity index (χ0v) is 14.3. The molecular weight excluding hydrogens is 324 g/mol. The van der Waals surface area contributed by atoms with E-state index < -0.39 is 29.9 Å². The minimum absolute atomic E-state index is 0.0940. The van der Waals surface area contributed by atoms with Crippen LogP contribution in [0.3, 0.4) is 0 Å². The monoisotopic (exact) mass is 348 g/mol. The van der Waals surface area contributed by atoms with Crippen LogP contribution in [0.25, 0.3) is 0 Å². The van der Waals surface area contributed by atoms with Gasteiger partial charge in [0.25, 0.3) is 0 Å². The maximum absolute atomic E-state index is 11.9. The third-order valence-corrected chi connectivity index (χ3v) is 3.44. The second-order valence-electron chi connectivity index (χ2n) is 5.91. The minimum atomic E-state index is -1.12. The molecule has 0 radical (unpaired) electrons. The van der Waals surface area contributed by atoms with Crippen LogP contribution in [0.5, 0.6) is 0 Å². The van der Waals surface area contributed by atoms with Gasteiger partial charge in [0.2, 0.25) is 5.91 Å². The molecule has 0 bridgehead atoms. The van der Waals surface area contributed by atoms with Crippen LogP contribution in [-0.4, -0.2) is 35.0 Å². The first-order valence-corrected chi connectivity index (χ1v) is 7.97. The Balaban J connectivity index is 2.39. The van der Waals surface area contributed by atoms with Crippen LogP contribution < -0.4 is 11.1 Å². The van der Waals surface area contributed by atoms with E-state index >= 15 is 0 Å². The number of nitrogens with two attached hydrogens (primary N) is 1. The number of rotatable bonds is 9. The molecule has 2 atom stereocenters. The molecule has 25 heavy (non-hydrogen) atoms. The predicted octanol–water partition coefficient (Wildman–Crippen LogP) is 1.23. The molecule has 1 unspecified atom stereocenters. The van der Waals surface area contributed by atoms with Crippen molar-refractivity contribution in [3.63, 3.8) is 0 Å². The van der Waals surface area contributed by atoms with Gasteiger partial charge in [-0.15, -0.1) is 0 Å². The van der Waals surface area contributed by atoms with E-state index in [9.17, 15) is 14.4 Å². The second-order valence-corrected chi connectivity index (χ2v) is 5.91. The van der Waals surface area contributed by atoms with Crippen LogP contribution in [-0.2, 0) is 25.7 Å². The summed E-state index contributed by atoms with van der Waals surface area (Å²) < 4.78 is 5.05. The average Bonchev–Trinajstić information content (AvgIpc) is 2.57. The minimum Gasteiger partial charge on any atom is -0.480 e. The molecule has 0 saturated carbocycles. The van der Waals surface area contributed by atoms with Crippen LogP contribution in [0.2, 0.25) is 0 Å². The average molecular weight is 348 g/mol. The lowest BCUT2D eigenvalue weighted by Gasteiger charge is -2.19. The number of benzene rings is 1. The number of carboxylic acids is 1. The molecule has 0 saturated heterocycles. The second kappa shape index (κ2) is 10.2. The lowest BCUT2D eigenvalue weighted by molar-refractivity contribution is -0.143. The van der Waals surface area contributed by atoms with Crippen molar-refractivity contribution in [1.82, 2.24) is 5.32 Å². The van der Waals surface area contributed by atoms with Crippen molar-refractivity contribution in [2.75, 3.05) is 0 Å². The van der Waals surface area contributed by atoms with E-state index in [1.54, 1.807) is 13.8 Å². The number of amides is 1. The van der Waals surface area contributed by atoms with E-state index in [1.165, 1.54) is 12.2 Å². The maximum Gasteiger partial charge on any atom is 0.330 e. The van der Waals surface area contributed by atoms with Gasteiger partial charge >= 0.3 is 11.9 Å². The van der Waals surface area contributed by atoms with Crippen molar-refractivity contribution >= 4 is 17.8 Å². The molecule has 0 aliphatic heterocycles. The van der Waals surface area contributed by atoms with Gasteiger partial charge in [-0.25, -0.2) is 9.59 Å². The first kappa shape index (κ1) is 20.4. The molecular formula is C18H24N2O5. The predicted molar refractivity (Wildman–Crippen MR) is 92.4 cm³/mol. The van der Waals surface area contributed by atoms with Gasteiger partial charge in [0.05, 0.1) is 6.04 Å². The molecule has 1 aromatic carbocycles. The smallest absolute Gasteiger partial charge is 0.330 e. The summed E-state index contributed by atoms with van der Waals surface area (Å²) in [6, 6.07) is 7.29. The van der Waals surface area contributed by atoms with Gasteiger partial charge < -0.3 is 20.9 Å². The Kier molecular flexibility index (Phi) is 8.35. The molecule has 0 aromatic heterocycles. The number of carbonyl (C=O) groups is 3. The number of esters is 1. The van der Waals surface area contributed by atoms with Crippen molar-refractivity contribution in [3.05, 3.63) is 48.0 Å². The number of ether oxygens (including phenoxy) is 1. The van der Waals surface area contributed by atoms with Gasteiger partial charge in [-0.1, -0.05) is 50.3 Å². The Morgan fingerprint density at radius 3 is 2.44 bits per heavy atom. The standard InChI is InChI=1S/C18H24N2O5/c1-12(2)16(18(23)24)20-17(22)14(19)9-6-10-15(21)25-11-13-7-4-3-5-8-13/h3-8,10,12,14,16H,9,11,19H2,1-2H3,(H,20,22)(H,23,24)/t14?,16-/m0/s1. The highest BCUT2D eigenvalue weighted by Crippen LogP contribution is 2.04. The number of nitrogens with one attached hydrogen (secondary N) is 1. The number of carboxylic acid groups (broad SMARTS) is 1. The number of aliphatic carboxylic acids is 1. The Labute approximate surface area is 146 Å². The lowest BCUT2D eigenvalue weighted by atomic mass is 10.0. The zero-order valence-electron chi connectivity index (χ0n) is 14.3. The quantitative estimate of drug-likeness (QED) is 0.456. The fourth-order valence-electron chi connectivity index (χ4n) is 1.97. The summed E-state index contributed by atoms with van der Waals surface area (Å²) in [5, 5.41) is 11.4. The molecule has 0 aliphatic carbocycles. The van der Waals surface area contributed by atoms with Crippen molar-refractivity contribution < 1.29 is 24.2 Å². The van der Waals surface area contributed by atoms with E-state index in [0.717, 1.165) is 5.56 Å². The zero-order chi connectivity index (χ0) is 18.8. The molecule has 1 aromatic rings.